The largest absolute Gasteiger partial charge is 0.466 e. The lowest BCUT2D eigenvalue weighted by molar-refractivity contribution is -0.164. The molecule has 0 amide bonds. The molecule has 0 aromatic carbocycles. The van der Waals surface area contributed by atoms with Gasteiger partial charge >= 0.3 is 5.97 Å². The summed E-state index contributed by atoms with van der Waals surface area (Å²) in [7, 11) is 0. The summed E-state index contributed by atoms with van der Waals surface area (Å²) in [5.74, 6) is 2.79. The topological polar surface area (TPSA) is 39.4 Å². The van der Waals surface area contributed by atoms with Crippen LogP contribution in [0.15, 0.2) is 22.8 Å². The lowest BCUT2D eigenvalue weighted by Gasteiger charge is -2.36. The van der Waals surface area contributed by atoms with E-state index < -0.39 is 0 Å². The van der Waals surface area contributed by atoms with Crippen LogP contribution in [-0.2, 0) is 16.1 Å². The first-order chi connectivity index (χ1) is 9.30. The van der Waals surface area contributed by atoms with E-state index in [0.717, 1.165) is 18.1 Å². The standard InChI is InChI=1S/C16H20O3/c17-15(19-10-13-3-2-8-18-13)16-7-1-4-14(16)11-5-6-12(16)9-11/h2-3,8,11-12,14H,1,4-7,9-10H2/t11-,12+,14+,16-/m1/s1. The fourth-order valence-corrected chi connectivity index (χ4v) is 5.16. The highest BCUT2D eigenvalue weighted by molar-refractivity contribution is 5.79. The third-order valence-corrected chi connectivity index (χ3v) is 5.84. The van der Waals surface area contributed by atoms with Gasteiger partial charge in [-0.05, 0) is 62.0 Å². The van der Waals surface area contributed by atoms with Crippen LogP contribution in [0.3, 0.4) is 0 Å². The first-order valence-electron chi connectivity index (χ1n) is 7.50. The molecule has 3 nitrogen and oxygen atoms in total. The average molecular weight is 260 g/mol. The van der Waals surface area contributed by atoms with Gasteiger partial charge in [0.05, 0.1) is 11.7 Å². The zero-order valence-electron chi connectivity index (χ0n) is 11.1. The summed E-state index contributed by atoms with van der Waals surface area (Å²) in [5.41, 5.74) is -0.129. The van der Waals surface area contributed by atoms with Crippen LogP contribution in [0.5, 0.6) is 0 Å². The molecule has 4 atom stereocenters. The number of hydrogen-bond acceptors (Lipinski definition) is 3. The van der Waals surface area contributed by atoms with Gasteiger partial charge in [-0.2, -0.15) is 0 Å². The number of carbonyl (C=O) groups excluding carboxylic acids is 1. The molecule has 3 fully saturated rings. The minimum Gasteiger partial charge on any atom is -0.466 e. The van der Waals surface area contributed by atoms with Crippen LogP contribution in [0.25, 0.3) is 0 Å². The second-order valence-corrected chi connectivity index (χ2v) is 6.46. The van der Waals surface area contributed by atoms with Gasteiger partial charge in [-0.1, -0.05) is 6.42 Å². The highest BCUT2D eigenvalue weighted by atomic mass is 16.5. The molecule has 1 heterocycles. The lowest BCUT2D eigenvalue weighted by Crippen LogP contribution is -2.41. The zero-order valence-corrected chi connectivity index (χ0v) is 11.1. The van der Waals surface area contributed by atoms with Crippen LogP contribution in [0, 0.1) is 23.2 Å². The molecule has 0 aliphatic heterocycles. The molecule has 19 heavy (non-hydrogen) atoms. The number of ether oxygens (including phenoxy) is 1. The Hall–Kier alpha value is -1.25. The van der Waals surface area contributed by atoms with Gasteiger partial charge in [0.15, 0.2) is 0 Å². The van der Waals surface area contributed by atoms with Crippen LogP contribution in [0.1, 0.15) is 44.3 Å². The van der Waals surface area contributed by atoms with E-state index in [9.17, 15) is 4.79 Å². The Labute approximate surface area is 113 Å². The van der Waals surface area contributed by atoms with E-state index in [4.69, 9.17) is 9.15 Å². The fourth-order valence-electron chi connectivity index (χ4n) is 5.16. The zero-order chi connectivity index (χ0) is 12.9. The maximum absolute atomic E-state index is 12.7. The van der Waals surface area contributed by atoms with Gasteiger partial charge in [-0.25, -0.2) is 0 Å². The highest BCUT2D eigenvalue weighted by Crippen LogP contribution is 2.66. The van der Waals surface area contributed by atoms with Gasteiger partial charge in [0.2, 0.25) is 0 Å². The van der Waals surface area contributed by atoms with Crippen molar-refractivity contribution < 1.29 is 13.9 Å². The monoisotopic (exact) mass is 260 g/mol. The summed E-state index contributed by atoms with van der Waals surface area (Å²) in [6, 6.07) is 3.69. The molecule has 4 rings (SSSR count). The minimum absolute atomic E-state index is 0.0543. The van der Waals surface area contributed by atoms with Crippen molar-refractivity contribution in [2.75, 3.05) is 0 Å². The van der Waals surface area contributed by atoms with Gasteiger partial charge in [0.25, 0.3) is 0 Å². The van der Waals surface area contributed by atoms with Crippen molar-refractivity contribution in [1.82, 2.24) is 0 Å². The van der Waals surface area contributed by atoms with E-state index in [-0.39, 0.29) is 18.0 Å². The van der Waals surface area contributed by atoms with Crippen LogP contribution < -0.4 is 0 Å². The summed E-state index contributed by atoms with van der Waals surface area (Å²) in [6.45, 7) is 0.289. The van der Waals surface area contributed by atoms with Crippen molar-refractivity contribution in [3.05, 3.63) is 24.2 Å². The molecular weight excluding hydrogens is 240 g/mol. The van der Waals surface area contributed by atoms with Gasteiger partial charge in [-0.3, -0.25) is 4.79 Å². The number of furan rings is 1. The predicted molar refractivity (Wildman–Crippen MR) is 69.1 cm³/mol. The van der Waals surface area contributed by atoms with Crippen LogP contribution in [0.2, 0.25) is 0 Å². The first kappa shape index (κ1) is 11.6. The molecule has 2 bridgehead atoms. The number of esters is 1. The molecule has 3 aliphatic carbocycles. The van der Waals surface area contributed by atoms with E-state index in [1.165, 1.54) is 32.1 Å². The molecular formula is C16H20O3. The van der Waals surface area contributed by atoms with E-state index in [0.29, 0.717) is 11.8 Å². The Morgan fingerprint density at radius 3 is 3.21 bits per heavy atom. The van der Waals surface area contributed by atoms with Gasteiger partial charge < -0.3 is 9.15 Å². The summed E-state index contributed by atoms with van der Waals surface area (Å²) in [5, 5.41) is 0. The summed E-state index contributed by atoms with van der Waals surface area (Å²) >= 11 is 0. The number of hydrogen-bond donors (Lipinski definition) is 0. The van der Waals surface area contributed by atoms with Crippen LogP contribution >= 0.6 is 0 Å². The van der Waals surface area contributed by atoms with Crippen LogP contribution in [-0.4, -0.2) is 5.97 Å². The molecule has 0 saturated heterocycles. The molecule has 3 saturated carbocycles. The molecule has 0 radical (unpaired) electrons. The van der Waals surface area contributed by atoms with Crippen molar-refractivity contribution in [3.63, 3.8) is 0 Å². The van der Waals surface area contributed by atoms with Crippen molar-refractivity contribution in [2.45, 2.75) is 45.1 Å². The molecule has 0 N–H and O–H groups in total. The van der Waals surface area contributed by atoms with E-state index in [1.54, 1.807) is 6.26 Å². The Kier molecular flexibility index (Phi) is 2.51. The van der Waals surface area contributed by atoms with Crippen LogP contribution in [0.4, 0.5) is 0 Å². The first-order valence-corrected chi connectivity index (χ1v) is 7.50. The molecule has 1 aromatic heterocycles. The van der Waals surface area contributed by atoms with Crippen molar-refractivity contribution >= 4 is 5.97 Å². The Morgan fingerprint density at radius 2 is 2.37 bits per heavy atom. The molecule has 102 valence electrons. The lowest BCUT2D eigenvalue weighted by atomic mass is 9.68. The fraction of sp³-hybridized carbons (Fsp3) is 0.688. The smallest absolute Gasteiger partial charge is 0.313 e. The maximum Gasteiger partial charge on any atom is 0.313 e. The third kappa shape index (κ3) is 1.53. The predicted octanol–water partition coefficient (Wildman–Crippen LogP) is 3.54. The molecule has 3 heteroatoms. The van der Waals surface area contributed by atoms with Gasteiger partial charge in [-0.15, -0.1) is 0 Å². The number of fused-ring (bicyclic) bond motifs is 5. The summed E-state index contributed by atoms with van der Waals surface area (Å²) in [6.07, 6.45) is 8.94. The van der Waals surface area contributed by atoms with Crippen molar-refractivity contribution in [2.24, 2.45) is 23.2 Å². The second kappa shape index (κ2) is 4.12. The molecule has 0 unspecified atom stereocenters. The molecule has 1 aromatic rings. The highest BCUT2D eigenvalue weighted by Gasteiger charge is 2.64. The normalized spacial score (nSPS) is 39.5. The SMILES string of the molecule is O=C(OCc1ccco1)[C@@]12CCC[C@H]1[C@@H]1CC[C@H]2C1. The number of rotatable bonds is 3. The molecule has 0 spiro atoms. The minimum atomic E-state index is -0.129. The Morgan fingerprint density at radius 1 is 1.42 bits per heavy atom. The van der Waals surface area contributed by atoms with E-state index in [2.05, 4.69) is 0 Å². The summed E-state index contributed by atoms with van der Waals surface area (Å²) in [4.78, 5) is 12.7. The third-order valence-electron chi connectivity index (χ3n) is 5.84. The molecule has 3 aliphatic rings. The number of carbonyl (C=O) groups is 1. The Bertz CT molecular complexity index is 478. The van der Waals surface area contributed by atoms with Gasteiger partial charge in [0.1, 0.15) is 12.4 Å². The average Bonchev–Trinajstić information content (AvgIpc) is 3.14. The van der Waals surface area contributed by atoms with E-state index >= 15 is 0 Å². The van der Waals surface area contributed by atoms with E-state index in [1.807, 2.05) is 12.1 Å². The van der Waals surface area contributed by atoms with Gasteiger partial charge in [0, 0.05) is 0 Å². The van der Waals surface area contributed by atoms with Crippen molar-refractivity contribution in [1.29, 1.82) is 0 Å². The maximum atomic E-state index is 12.7. The quantitative estimate of drug-likeness (QED) is 0.780. The van der Waals surface area contributed by atoms with Crippen molar-refractivity contribution in [3.8, 4) is 0 Å². The Balaban J connectivity index is 1.52. The summed E-state index contributed by atoms with van der Waals surface area (Å²) < 4.78 is 10.8. The second-order valence-electron chi connectivity index (χ2n) is 6.46.